The number of hydrogen-bond donors (Lipinski definition) is 1. The summed E-state index contributed by atoms with van der Waals surface area (Å²) in [7, 11) is 0. The van der Waals surface area contributed by atoms with Crippen molar-refractivity contribution >= 4 is 17.6 Å². The summed E-state index contributed by atoms with van der Waals surface area (Å²) in [5, 5.41) is 5.29. The zero-order valence-electron chi connectivity index (χ0n) is 7.45. The van der Waals surface area contributed by atoms with Crippen LogP contribution in [0.25, 0.3) is 0 Å². The second-order valence-electron chi connectivity index (χ2n) is 3.42. The Kier molecular flexibility index (Phi) is 2.76. The van der Waals surface area contributed by atoms with Crippen molar-refractivity contribution in [3.63, 3.8) is 0 Å². The van der Waals surface area contributed by atoms with Crippen molar-refractivity contribution in [3.05, 3.63) is 21.9 Å². The van der Waals surface area contributed by atoms with Crippen LogP contribution in [-0.2, 0) is 0 Å². The summed E-state index contributed by atoms with van der Waals surface area (Å²) in [4.78, 5) is 11.9. The van der Waals surface area contributed by atoms with Crippen LogP contribution in [0, 0.1) is 0 Å². The van der Waals surface area contributed by atoms with E-state index < -0.39 is 0 Å². The van der Waals surface area contributed by atoms with Gasteiger partial charge >= 0.3 is 0 Å². The molecule has 2 nitrogen and oxygen atoms in total. The molecule has 0 bridgehead atoms. The molecule has 2 rings (SSSR count). The standard InChI is InChI=1S/C10H13NOS/c12-6-8-5-10(13-7-8)9-1-3-11-4-2-9/h5-7,9,11H,1-4H2. The summed E-state index contributed by atoms with van der Waals surface area (Å²) in [6, 6.07) is 2.04. The van der Waals surface area contributed by atoms with Gasteiger partial charge in [0.2, 0.25) is 0 Å². The number of thiophene rings is 1. The number of aldehydes is 1. The van der Waals surface area contributed by atoms with Crippen LogP contribution in [0.15, 0.2) is 11.4 Å². The highest BCUT2D eigenvalue weighted by molar-refractivity contribution is 7.10. The molecule has 1 aliphatic heterocycles. The van der Waals surface area contributed by atoms with Gasteiger partial charge in [-0.1, -0.05) is 0 Å². The van der Waals surface area contributed by atoms with Gasteiger partial charge in [0.25, 0.3) is 0 Å². The fourth-order valence-electron chi connectivity index (χ4n) is 1.75. The Morgan fingerprint density at radius 3 is 2.85 bits per heavy atom. The average Bonchev–Trinajstić information content (AvgIpc) is 2.67. The number of nitrogens with one attached hydrogen (secondary N) is 1. The monoisotopic (exact) mass is 195 g/mol. The van der Waals surface area contributed by atoms with Gasteiger partial charge in [-0.25, -0.2) is 0 Å². The highest BCUT2D eigenvalue weighted by Crippen LogP contribution is 2.29. The van der Waals surface area contributed by atoms with E-state index in [1.165, 1.54) is 17.7 Å². The number of carbonyl (C=O) groups is 1. The SMILES string of the molecule is O=Cc1csc(C2CCNCC2)c1. The van der Waals surface area contributed by atoms with Gasteiger partial charge in [-0.15, -0.1) is 11.3 Å². The summed E-state index contributed by atoms with van der Waals surface area (Å²) in [6.45, 7) is 2.22. The van der Waals surface area contributed by atoms with Crippen LogP contribution in [0.4, 0.5) is 0 Å². The van der Waals surface area contributed by atoms with Gasteiger partial charge in [-0.3, -0.25) is 4.79 Å². The fourth-order valence-corrected chi connectivity index (χ4v) is 2.78. The first kappa shape index (κ1) is 8.91. The summed E-state index contributed by atoms with van der Waals surface area (Å²) >= 11 is 1.72. The largest absolute Gasteiger partial charge is 0.317 e. The molecule has 1 saturated heterocycles. The Morgan fingerprint density at radius 2 is 2.23 bits per heavy atom. The van der Waals surface area contributed by atoms with Gasteiger partial charge in [0.15, 0.2) is 6.29 Å². The molecule has 0 atom stereocenters. The van der Waals surface area contributed by atoms with Crippen LogP contribution in [0.3, 0.4) is 0 Å². The van der Waals surface area contributed by atoms with Gasteiger partial charge in [0, 0.05) is 15.8 Å². The molecule has 0 spiro atoms. The van der Waals surface area contributed by atoms with Crippen molar-refractivity contribution in [1.29, 1.82) is 0 Å². The lowest BCUT2D eigenvalue weighted by atomic mass is 9.96. The maximum atomic E-state index is 10.5. The smallest absolute Gasteiger partial charge is 0.150 e. The normalized spacial score (nSPS) is 18.8. The zero-order chi connectivity index (χ0) is 9.10. The van der Waals surface area contributed by atoms with Gasteiger partial charge in [0.05, 0.1) is 0 Å². The van der Waals surface area contributed by atoms with Gasteiger partial charge in [0.1, 0.15) is 0 Å². The van der Waals surface area contributed by atoms with Crippen molar-refractivity contribution in [1.82, 2.24) is 5.32 Å². The van der Waals surface area contributed by atoms with Crippen molar-refractivity contribution in [2.45, 2.75) is 18.8 Å². The van der Waals surface area contributed by atoms with E-state index >= 15 is 0 Å². The molecule has 1 aliphatic rings. The van der Waals surface area contributed by atoms with Crippen molar-refractivity contribution in [3.8, 4) is 0 Å². The van der Waals surface area contributed by atoms with Crippen molar-refractivity contribution < 1.29 is 4.79 Å². The third-order valence-electron chi connectivity index (χ3n) is 2.52. The molecule has 70 valence electrons. The second kappa shape index (κ2) is 4.03. The first-order valence-corrected chi connectivity index (χ1v) is 5.52. The minimum absolute atomic E-state index is 0.681. The lowest BCUT2D eigenvalue weighted by molar-refractivity contribution is 0.112. The van der Waals surface area contributed by atoms with Crippen LogP contribution in [0.1, 0.15) is 34.0 Å². The topological polar surface area (TPSA) is 29.1 Å². The second-order valence-corrected chi connectivity index (χ2v) is 4.37. The minimum atomic E-state index is 0.681. The molecule has 0 unspecified atom stereocenters. The van der Waals surface area contributed by atoms with Crippen LogP contribution in [0.5, 0.6) is 0 Å². The van der Waals surface area contributed by atoms with E-state index in [-0.39, 0.29) is 0 Å². The molecule has 1 N–H and O–H groups in total. The molecular weight excluding hydrogens is 182 g/mol. The Balaban J connectivity index is 2.09. The summed E-state index contributed by atoms with van der Waals surface area (Å²) < 4.78 is 0. The third kappa shape index (κ3) is 1.98. The molecule has 0 saturated carbocycles. The van der Waals surface area contributed by atoms with Crippen LogP contribution >= 0.6 is 11.3 Å². The summed E-state index contributed by atoms with van der Waals surface area (Å²) in [6.07, 6.45) is 3.35. The van der Waals surface area contributed by atoms with E-state index in [1.54, 1.807) is 11.3 Å². The molecule has 0 aliphatic carbocycles. The Bertz CT molecular complexity index is 289. The van der Waals surface area contributed by atoms with E-state index in [0.717, 1.165) is 24.9 Å². The summed E-state index contributed by atoms with van der Waals surface area (Å²) in [5.74, 6) is 0.681. The van der Waals surface area contributed by atoms with Crippen LogP contribution in [0.2, 0.25) is 0 Å². The zero-order valence-corrected chi connectivity index (χ0v) is 8.27. The van der Waals surface area contributed by atoms with E-state index in [4.69, 9.17) is 0 Å². The van der Waals surface area contributed by atoms with Crippen LogP contribution in [-0.4, -0.2) is 19.4 Å². The highest BCUT2D eigenvalue weighted by Gasteiger charge is 2.16. The molecule has 13 heavy (non-hydrogen) atoms. The molecular formula is C10H13NOS. The predicted octanol–water partition coefficient (Wildman–Crippen LogP) is 2.03. The number of rotatable bonds is 2. The molecule has 1 aromatic heterocycles. The molecule has 2 heterocycles. The molecule has 0 radical (unpaired) electrons. The lowest BCUT2D eigenvalue weighted by Crippen LogP contribution is -2.26. The van der Waals surface area contributed by atoms with E-state index in [9.17, 15) is 4.79 Å². The molecule has 1 aromatic rings. The van der Waals surface area contributed by atoms with Gasteiger partial charge in [-0.05, 0) is 37.9 Å². The predicted molar refractivity (Wildman–Crippen MR) is 54.6 cm³/mol. The van der Waals surface area contributed by atoms with Gasteiger partial charge < -0.3 is 5.32 Å². The van der Waals surface area contributed by atoms with Gasteiger partial charge in [-0.2, -0.15) is 0 Å². The van der Waals surface area contributed by atoms with E-state index in [1.807, 2.05) is 11.4 Å². The minimum Gasteiger partial charge on any atom is -0.317 e. The Hall–Kier alpha value is -0.670. The molecule has 1 fully saturated rings. The van der Waals surface area contributed by atoms with Crippen LogP contribution < -0.4 is 5.32 Å². The first-order valence-electron chi connectivity index (χ1n) is 4.64. The molecule has 0 amide bonds. The first-order chi connectivity index (χ1) is 6.40. The Labute approximate surface area is 82.0 Å². The fraction of sp³-hybridized carbons (Fsp3) is 0.500. The maximum Gasteiger partial charge on any atom is 0.150 e. The number of hydrogen-bond acceptors (Lipinski definition) is 3. The average molecular weight is 195 g/mol. The van der Waals surface area contributed by atoms with Crippen molar-refractivity contribution in [2.24, 2.45) is 0 Å². The third-order valence-corrected chi connectivity index (χ3v) is 3.63. The Morgan fingerprint density at radius 1 is 1.46 bits per heavy atom. The molecule has 3 heteroatoms. The van der Waals surface area contributed by atoms with E-state index in [2.05, 4.69) is 5.32 Å². The molecule has 0 aromatic carbocycles. The van der Waals surface area contributed by atoms with E-state index in [0.29, 0.717) is 5.92 Å². The quantitative estimate of drug-likeness (QED) is 0.732. The summed E-state index contributed by atoms with van der Waals surface area (Å²) in [5.41, 5.74) is 0.832. The maximum absolute atomic E-state index is 10.5. The van der Waals surface area contributed by atoms with Crippen molar-refractivity contribution in [2.75, 3.05) is 13.1 Å². The number of carbonyl (C=O) groups excluding carboxylic acids is 1. The number of piperidine rings is 1. The highest BCUT2D eigenvalue weighted by atomic mass is 32.1. The lowest BCUT2D eigenvalue weighted by Gasteiger charge is -2.21.